The van der Waals surface area contributed by atoms with Crippen LogP contribution in [0.25, 0.3) is 0 Å². The molecule has 6 nitrogen and oxygen atoms in total. The molecule has 0 aliphatic carbocycles. The highest BCUT2D eigenvalue weighted by Gasteiger charge is 2.21. The zero-order valence-electron chi connectivity index (χ0n) is 15.7. The van der Waals surface area contributed by atoms with Crippen molar-refractivity contribution in [3.63, 3.8) is 0 Å². The van der Waals surface area contributed by atoms with Crippen LogP contribution >= 0.6 is 15.9 Å². The van der Waals surface area contributed by atoms with Crippen LogP contribution in [0.1, 0.15) is 34.8 Å². The van der Waals surface area contributed by atoms with E-state index in [9.17, 15) is 13.2 Å². The maximum Gasteiger partial charge on any atom is 0.255 e. The fourth-order valence-corrected chi connectivity index (χ4v) is 4.65. The lowest BCUT2D eigenvalue weighted by Crippen LogP contribution is -2.25. The topological polar surface area (TPSA) is 84.5 Å². The van der Waals surface area contributed by atoms with E-state index in [4.69, 9.17) is 4.74 Å². The number of rotatable bonds is 7. The Bertz CT molecular complexity index is 935. The van der Waals surface area contributed by atoms with Crippen molar-refractivity contribution in [2.75, 3.05) is 19.0 Å². The van der Waals surface area contributed by atoms with Gasteiger partial charge in [0.2, 0.25) is 10.0 Å². The van der Waals surface area contributed by atoms with Gasteiger partial charge < -0.3 is 10.1 Å². The molecule has 27 heavy (non-hydrogen) atoms. The molecule has 0 heterocycles. The average molecular weight is 455 g/mol. The van der Waals surface area contributed by atoms with Gasteiger partial charge in [0.05, 0.1) is 7.11 Å². The number of benzene rings is 2. The zero-order chi connectivity index (χ0) is 20.2. The van der Waals surface area contributed by atoms with Gasteiger partial charge in [0.25, 0.3) is 5.91 Å². The molecule has 0 saturated carbocycles. The molecular weight excluding hydrogens is 432 g/mol. The molecule has 0 unspecified atom stereocenters. The fraction of sp³-hybridized carbons (Fsp3) is 0.316. The van der Waals surface area contributed by atoms with E-state index >= 15 is 0 Å². The molecule has 146 valence electrons. The van der Waals surface area contributed by atoms with Gasteiger partial charge in [-0.3, -0.25) is 4.79 Å². The van der Waals surface area contributed by atoms with Crippen LogP contribution in [0.3, 0.4) is 0 Å². The second kappa shape index (κ2) is 8.86. The van der Waals surface area contributed by atoms with Crippen molar-refractivity contribution in [1.82, 2.24) is 4.72 Å². The highest BCUT2D eigenvalue weighted by Crippen LogP contribution is 2.28. The Morgan fingerprint density at radius 1 is 1.15 bits per heavy atom. The number of ether oxygens (including phenoxy) is 1. The molecule has 0 aromatic heterocycles. The predicted octanol–water partition coefficient (Wildman–Crippen LogP) is 4.02. The molecule has 2 N–H and O–H groups in total. The SMILES string of the molecule is CCCNS(=O)(=O)c1cc(C(=O)Nc2c(C)cc(Br)cc2C)ccc1OC. The van der Waals surface area contributed by atoms with Crippen LogP contribution in [0.4, 0.5) is 5.69 Å². The number of methoxy groups -OCH3 is 1. The van der Waals surface area contributed by atoms with Crippen molar-refractivity contribution < 1.29 is 17.9 Å². The molecule has 8 heteroatoms. The summed E-state index contributed by atoms with van der Waals surface area (Å²) in [6, 6.07) is 8.16. The van der Waals surface area contributed by atoms with Crippen molar-refractivity contribution in [2.45, 2.75) is 32.1 Å². The monoisotopic (exact) mass is 454 g/mol. The van der Waals surface area contributed by atoms with E-state index in [1.54, 1.807) is 0 Å². The number of hydrogen-bond acceptors (Lipinski definition) is 4. The van der Waals surface area contributed by atoms with Gasteiger partial charge in [-0.05, 0) is 61.7 Å². The van der Waals surface area contributed by atoms with Crippen molar-refractivity contribution in [3.05, 3.63) is 51.5 Å². The number of carbonyl (C=O) groups is 1. The third-order valence-corrected chi connectivity index (χ3v) is 5.93. The van der Waals surface area contributed by atoms with Crippen LogP contribution in [0.5, 0.6) is 5.75 Å². The second-order valence-electron chi connectivity index (χ2n) is 6.13. The van der Waals surface area contributed by atoms with Gasteiger partial charge in [0.1, 0.15) is 10.6 Å². The van der Waals surface area contributed by atoms with Crippen LogP contribution in [0.2, 0.25) is 0 Å². The first-order chi connectivity index (χ1) is 12.7. The normalized spacial score (nSPS) is 11.3. The Balaban J connectivity index is 2.39. The molecule has 0 spiro atoms. The minimum Gasteiger partial charge on any atom is -0.495 e. The zero-order valence-corrected chi connectivity index (χ0v) is 18.1. The Morgan fingerprint density at radius 2 is 1.78 bits per heavy atom. The first-order valence-corrected chi connectivity index (χ1v) is 10.7. The van der Waals surface area contributed by atoms with E-state index in [1.807, 2.05) is 32.9 Å². The largest absolute Gasteiger partial charge is 0.495 e. The quantitative estimate of drug-likeness (QED) is 0.661. The molecule has 1 amide bonds. The molecule has 2 rings (SSSR count). The van der Waals surface area contributed by atoms with E-state index in [1.165, 1.54) is 25.3 Å². The first kappa shape index (κ1) is 21.4. The van der Waals surface area contributed by atoms with Gasteiger partial charge in [-0.25, -0.2) is 13.1 Å². The van der Waals surface area contributed by atoms with Gasteiger partial charge in [-0.15, -0.1) is 0 Å². The maximum atomic E-state index is 12.7. The van der Waals surface area contributed by atoms with Crippen LogP contribution in [0, 0.1) is 13.8 Å². The molecule has 0 saturated heterocycles. The molecular formula is C19H23BrN2O4S. The summed E-state index contributed by atoms with van der Waals surface area (Å²) in [6.07, 6.45) is 0.657. The van der Waals surface area contributed by atoms with Gasteiger partial charge in [-0.2, -0.15) is 0 Å². The van der Waals surface area contributed by atoms with Gasteiger partial charge in [0, 0.05) is 22.3 Å². The summed E-state index contributed by atoms with van der Waals surface area (Å²) >= 11 is 3.43. The number of hydrogen-bond donors (Lipinski definition) is 2. The average Bonchev–Trinajstić information content (AvgIpc) is 2.62. The van der Waals surface area contributed by atoms with E-state index in [0.717, 1.165) is 15.6 Å². The molecule has 0 aliphatic heterocycles. The maximum absolute atomic E-state index is 12.7. The lowest BCUT2D eigenvalue weighted by atomic mass is 10.1. The summed E-state index contributed by atoms with van der Waals surface area (Å²) < 4.78 is 33.6. The molecule has 2 aromatic carbocycles. The molecule has 0 bridgehead atoms. The number of anilines is 1. The van der Waals surface area contributed by atoms with E-state index in [-0.39, 0.29) is 16.2 Å². The first-order valence-electron chi connectivity index (χ1n) is 8.45. The Hall–Kier alpha value is -1.90. The number of carbonyl (C=O) groups excluding carboxylic acids is 1. The molecule has 0 atom stereocenters. The third-order valence-electron chi connectivity index (χ3n) is 3.99. The summed E-state index contributed by atoms with van der Waals surface area (Å²) in [7, 11) is -2.39. The van der Waals surface area contributed by atoms with Gasteiger partial charge in [-0.1, -0.05) is 22.9 Å². The summed E-state index contributed by atoms with van der Waals surface area (Å²) in [5.74, 6) is -0.204. The number of nitrogens with one attached hydrogen (secondary N) is 2. The van der Waals surface area contributed by atoms with Crippen molar-refractivity contribution in [1.29, 1.82) is 0 Å². The fourth-order valence-electron chi connectivity index (χ4n) is 2.64. The van der Waals surface area contributed by atoms with E-state index < -0.39 is 15.9 Å². The lowest BCUT2D eigenvalue weighted by Gasteiger charge is -2.14. The number of sulfonamides is 1. The Morgan fingerprint density at radius 3 is 2.33 bits per heavy atom. The summed E-state index contributed by atoms with van der Waals surface area (Å²) in [6.45, 7) is 5.96. The number of amides is 1. The standard InChI is InChI=1S/C19H23BrN2O4S/c1-5-8-21-27(24,25)17-11-14(6-7-16(17)26-4)19(23)22-18-12(2)9-15(20)10-13(18)3/h6-7,9-11,21H,5,8H2,1-4H3,(H,22,23). The van der Waals surface area contributed by atoms with E-state index in [0.29, 0.717) is 18.7 Å². The van der Waals surface area contributed by atoms with Crippen LogP contribution in [-0.2, 0) is 10.0 Å². The minimum absolute atomic E-state index is 0.0599. The highest BCUT2D eigenvalue weighted by molar-refractivity contribution is 9.10. The van der Waals surface area contributed by atoms with Crippen LogP contribution in [-0.4, -0.2) is 28.0 Å². The minimum atomic E-state index is -3.78. The lowest BCUT2D eigenvalue weighted by molar-refractivity contribution is 0.102. The molecule has 0 fully saturated rings. The highest BCUT2D eigenvalue weighted by atomic mass is 79.9. The van der Waals surface area contributed by atoms with Gasteiger partial charge in [0.15, 0.2) is 0 Å². The summed E-state index contributed by atoms with van der Waals surface area (Å²) in [4.78, 5) is 12.7. The molecule has 0 aliphatic rings. The number of aryl methyl sites for hydroxylation is 2. The van der Waals surface area contributed by atoms with Gasteiger partial charge >= 0.3 is 0 Å². The van der Waals surface area contributed by atoms with Crippen molar-refractivity contribution in [3.8, 4) is 5.75 Å². The predicted molar refractivity (Wildman–Crippen MR) is 110 cm³/mol. The Kier molecular flexibility index (Phi) is 7.02. The second-order valence-corrected chi connectivity index (χ2v) is 8.78. The van der Waals surface area contributed by atoms with Crippen LogP contribution < -0.4 is 14.8 Å². The summed E-state index contributed by atoms with van der Waals surface area (Å²) in [5.41, 5.74) is 2.74. The molecule has 2 aromatic rings. The third kappa shape index (κ3) is 5.09. The smallest absolute Gasteiger partial charge is 0.255 e. The number of halogens is 1. The van der Waals surface area contributed by atoms with Crippen molar-refractivity contribution in [2.24, 2.45) is 0 Å². The van der Waals surface area contributed by atoms with Crippen molar-refractivity contribution >= 4 is 37.5 Å². The molecule has 0 radical (unpaired) electrons. The van der Waals surface area contributed by atoms with E-state index in [2.05, 4.69) is 26.0 Å². The summed E-state index contributed by atoms with van der Waals surface area (Å²) in [5, 5.41) is 2.87. The Labute approximate surface area is 168 Å². The van der Waals surface area contributed by atoms with Crippen LogP contribution in [0.15, 0.2) is 39.7 Å².